The first-order valence-electron chi connectivity index (χ1n) is 6.35. The van der Waals surface area contributed by atoms with E-state index in [9.17, 15) is 9.90 Å². The van der Waals surface area contributed by atoms with Crippen molar-refractivity contribution in [2.75, 3.05) is 5.73 Å². The molecule has 1 saturated heterocycles. The van der Waals surface area contributed by atoms with Crippen LogP contribution in [-0.4, -0.2) is 42.6 Å². The number of fused-ring (bicyclic) bond motifs is 1. The van der Waals surface area contributed by atoms with Gasteiger partial charge in [-0.15, -0.1) is 0 Å². The third-order valence-corrected chi connectivity index (χ3v) is 3.50. The van der Waals surface area contributed by atoms with Gasteiger partial charge in [0.1, 0.15) is 24.2 Å². The molecule has 3 N–H and O–H groups in total. The van der Waals surface area contributed by atoms with Gasteiger partial charge in [0.05, 0.1) is 12.4 Å². The second kappa shape index (κ2) is 4.80. The molecule has 8 nitrogen and oxygen atoms in total. The van der Waals surface area contributed by atoms with Gasteiger partial charge in [-0.1, -0.05) is 0 Å². The molecule has 0 saturated carbocycles. The van der Waals surface area contributed by atoms with E-state index in [1.807, 2.05) is 0 Å². The second-order valence-electron chi connectivity index (χ2n) is 4.84. The maximum absolute atomic E-state index is 11.2. The van der Waals surface area contributed by atoms with Crippen molar-refractivity contribution in [1.29, 1.82) is 0 Å². The number of nitrogens with zero attached hydrogens (tertiary/aromatic N) is 4. The number of aromatic nitrogens is 4. The molecule has 20 heavy (non-hydrogen) atoms. The summed E-state index contributed by atoms with van der Waals surface area (Å²) in [7, 11) is 0. The van der Waals surface area contributed by atoms with Crippen molar-refractivity contribution in [3.63, 3.8) is 0 Å². The summed E-state index contributed by atoms with van der Waals surface area (Å²) in [4.78, 5) is 23.4. The molecule has 2 aromatic heterocycles. The van der Waals surface area contributed by atoms with Crippen molar-refractivity contribution >= 4 is 22.8 Å². The van der Waals surface area contributed by atoms with E-state index >= 15 is 0 Å². The van der Waals surface area contributed by atoms with Gasteiger partial charge < -0.3 is 15.6 Å². The lowest BCUT2D eigenvalue weighted by Gasteiger charge is -2.17. The Bertz CT molecular complexity index is 656. The Balaban J connectivity index is 1.87. The minimum atomic E-state index is -1.09. The van der Waals surface area contributed by atoms with E-state index < -0.39 is 12.2 Å². The van der Waals surface area contributed by atoms with Crippen LogP contribution in [0.5, 0.6) is 0 Å². The Labute approximate surface area is 114 Å². The van der Waals surface area contributed by atoms with Gasteiger partial charge in [0, 0.05) is 0 Å². The number of carbonyl (C=O) groups excluding carboxylic acids is 1. The summed E-state index contributed by atoms with van der Waals surface area (Å²) in [6.07, 6.45) is 2.34. The van der Waals surface area contributed by atoms with Crippen LogP contribution in [0.1, 0.15) is 26.0 Å². The van der Waals surface area contributed by atoms with Gasteiger partial charge in [0.2, 0.25) is 0 Å². The molecule has 8 heteroatoms. The summed E-state index contributed by atoms with van der Waals surface area (Å²) in [6, 6.07) is 0. The van der Waals surface area contributed by atoms with Gasteiger partial charge in [-0.05, 0) is 19.8 Å². The number of Topliss-reactive ketones (excluding diaryl/α,β-unsaturated/α-hetero) is 1. The quantitative estimate of drug-likeness (QED) is 0.813. The molecule has 2 aromatic rings. The SMILES string of the molecule is CC(=O)C(O)[C@@H]1CC[C@H](n2cnc3c(N)ncnc32)O1. The lowest BCUT2D eigenvalue weighted by molar-refractivity contribution is -0.134. The first-order chi connectivity index (χ1) is 9.58. The van der Waals surface area contributed by atoms with Crippen LogP contribution < -0.4 is 5.73 Å². The minimum Gasteiger partial charge on any atom is -0.383 e. The predicted octanol–water partition coefficient (Wildman–Crippen LogP) is 0.0360. The molecule has 1 aliphatic heterocycles. The molecule has 1 fully saturated rings. The largest absolute Gasteiger partial charge is 0.383 e. The molecule has 0 bridgehead atoms. The molecule has 106 valence electrons. The van der Waals surface area contributed by atoms with Crippen LogP contribution >= 0.6 is 0 Å². The summed E-state index contributed by atoms with van der Waals surface area (Å²) in [5, 5.41) is 9.75. The summed E-state index contributed by atoms with van der Waals surface area (Å²) < 4.78 is 7.48. The van der Waals surface area contributed by atoms with Crippen molar-refractivity contribution in [3.05, 3.63) is 12.7 Å². The van der Waals surface area contributed by atoms with Gasteiger partial charge in [-0.25, -0.2) is 15.0 Å². The number of aliphatic hydroxyl groups is 1. The molecule has 0 spiro atoms. The number of aliphatic hydroxyl groups excluding tert-OH is 1. The van der Waals surface area contributed by atoms with Gasteiger partial charge in [0.15, 0.2) is 17.2 Å². The van der Waals surface area contributed by atoms with Crippen molar-refractivity contribution in [2.24, 2.45) is 0 Å². The van der Waals surface area contributed by atoms with Crippen molar-refractivity contribution in [1.82, 2.24) is 19.5 Å². The minimum absolute atomic E-state index is 0.294. The van der Waals surface area contributed by atoms with Crippen molar-refractivity contribution in [3.8, 4) is 0 Å². The van der Waals surface area contributed by atoms with Crippen LogP contribution in [0.25, 0.3) is 11.2 Å². The normalized spacial score (nSPS) is 24.1. The zero-order valence-corrected chi connectivity index (χ0v) is 10.9. The summed E-state index contributed by atoms with van der Waals surface area (Å²) in [5.74, 6) is 0.0183. The molecule has 3 atom stereocenters. The molecule has 0 aliphatic carbocycles. The number of nitrogen functional groups attached to an aromatic ring is 1. The van der Waals surface area contributed by atoms with E-state index in [0.717, 1.165) is 0 Å². The molecule has 0 amide bonds. The Kier molecular flexibility index (Phi) is 3.11. The molecule has 1 aliphatic rings. The van der Waals surface area contributed by atoms with E-state index in [1.165, 1.54) is 13.3 Å². The number of nitrogens with two attached hydrogens (primary N) is 1. The van der Waals surface area contributed by atoms with Crippen molar-refractivity contribution < 1.29 is 14.6 Å². The van der Waals surface area contributed by atoms with Crippen LogP contribution in [-0.2, 0) is 9.53 Å². The van der Waals surface area contributed by atoms with Crippen molar-refractivity contribution in [2.45, 2.75) is 38.2 Å². The highest BCUT2D eigenvalue weighted by molar-refractivity contribution is 5.81. The van der Waals surface area contributed by atoms with E-state index in [0.29, 0.717) is 29.8 Å². The first-order valence-corrected chi connectivity index (χ1v) is 6.35. The fourth-order valence-corrected chi connectivity index (χ4v) is 2.42. The number of ether oxygens (including phenoxy) is 1. The number of hydrogen-bond acceptors (Lipinski definition) is 7. The highest BCUT2D eigenvalue weighted by Crippen LogP contribution is 2.32. The maximum Gasteiger partial charge on any atom is 0.167 e. The molecule has 3 heterocycles. The summed E-state index contributed by atoms with van der Waals surface area (Å²) in [5.41, 5.74) is 6.83. The van der Waals surface area contributed by atoms with E-state index in [4.69, 9.17) is 10.5 Å². The zero-order chi connectivity index (χ0) is 14.3. The van der Waals surface area contributed by atoms with Gasteiger partial charge in [-0.2, -0.15) is 0 Å². The highest BCUT2D eigenvalue weighted by atomic mass is 16.5. The fraction of sp³-hybridized carbons (Fsp3) is 0.500. The Morgan fingerprint density at radius 3 is 3.05 bits per heavy atom. The van der Waals surface area contributed by atoms with Gasteiger partial charge >= 0.3 is 0 Å². The maximum atomic E-state index is 11.2. The molecule has 0 aromatic carbocycles. The van der Waals surface area contributed by atoms with E-state index in [-0.39, 0.29) is 12.0 Å². The number of carbonyl (C=O) groups is 1. The average molecular weight is 277 g/mol. The van der Waals surface area contributed by atoms with Crippen LogP contribution in [0.4, 0.5) is 5.82 Å². The van der Waals surface area contributed by atoms with Crippen LogP contribution in [0, 0.1) is 0 Å². The number of rotatable bonds is 3. The number of hydrogen-bond donors (Lipinski definition) is 2. The van der Waals surface area contributed by atoms with E-state index in [2.05, 4.69) is 15.0 Å². The van der Waals surface area contributed by atoms with Crippen LogP contribution in [0.3, 0.4) is 0 Å². The topological polar surface area (TPSA) is 116 Å². The Morgan fingerprint density at radius 2 is 2.30 bits per heavy atom. The van der Waals surface area contributed by atoms with Gasteiger partial charge in [0.25, 0.3) is 0 Å². The lowest BCUT2D eigenvalue weighted by atomic mass is 10.1. The van der Waals surface area contributed by atoms with Crippen LogP contribution in [0.15, 0.2) is 12.7 Å². The standard InChI is InChI=1S/C12H15N5O3/c1-6(18)10(19)7-2-3-8(20-7)17-5-16-9-11(13)14-4-15-12(9)17/h4-5,7-8,10,19H,2-3H2,1H3,(H2,13,14,15)/t7-,8+,10?/m0/s1. The molecular weight excluding hydrogens is 262 g/mol. The fourth-order valence-electron chi connectivity index (χ4n) is 2.42. The summed E-state index contributed by atoms with van der Waals surface area (Å²) in [6.45, 7) is 1.35. The number of anilines is 1. The second-order valence-corrected chi connectivity index (χ2v) is 4.84. The third-order valence-electron chi connectivity index (χ3n) is 3.50. The zero-order valence-electron chi connectivity index (χ0n) is 10.9. The van der Waals surface area contributed by atoms with Crippen LogP contribution in [0.2, 0.25) is 0 Å². The smallest absolute Gasteiger partial charge is 0.167 e. The Morgan fingerprint density at radius 1 is 1.50 bits per heavy atom. The number of imidazole rings is 1. The molecule has 0 radical (unpaired) electrons. The first kappa shape index (κ1) is 12.9. The predicted molar refractivity (Wildman–Crippen MR) is 69.6 cm³/mol. The lowest BCUT2D eigenvalue weighted by Crippen LogP contribution is -2.32. The monoisotopic (exact) mass is 277 g/mol. The highest BCUT2D eigenvalue weighted by Gasteiger charge is 2.34. The van der Waals surface area contributed by atoms with E-state index in [1.54, 1.807) is 10.9 Å². The third kappa shape index (κ3) is 2.02. The summed E-state index contributed by atoms with van der Waals surface area (Å²) >= 11 is 0. The molecule has 1 unspecified atom stereocenters. The molecule has 3 rings (SSSR count). The Hall–Kier alpha value is -2.06. The number of ketones is 1. The van der Waals surface area contributed by atoms with Gasteiger partial charge in [-0.3, -0.25) is 9.36 Å². The molecular formula is C12H15N5O3. The average Bonchev–Trinajstić information content (AvgIpc) is 3.04.